The van der Waals surface area contributed by atoms with Gasteiger partial charge in [0.05, 0.1) is 0 Å². The maximum atomic E-state index is 11.8. The van der Waals surface area contributed by atoms with Crippen LogP contribution in [0.3, 0.4) is 0 Å². The summed E-state index contributed by atoms with van der Waals surface area (Å²) >= 11 is 0. The van der Waals surface area contributed by atoms with E-state index >= 15 is 0 Å². The highest BCUT2D eigenvalue weighted by Gasteiger charge is 2.13. The van der Waals surface area contributed by atoms with E-state index in [-0.39, 0.29) is 42.0 Å². The third-order valence-corrected chi connectivity index (χ3v) is 4.37. The maximum Gasteiger partial charge on any atom is 0.272 e. The first-order chi connectivity index (χ1) is 15.8. The molecule has 0 fully saturated rings. The summed E-state index contributed by atoms with van der Waals surface area (Å²) in [4.78, 5) is 46.4. The van der Waals surface area contributed by atoms with Gasteiger partial charge in [0.1, 0.15) is 11.4 Å². The van der Waals surface area contributed by atoms with Gasteiger partial charge in [0.25, 0.3) is 12.5 Å². The topological polar surface area (TPSA) is 143 Å². The molecule has 2 aromatic carbocycles. The van der Waals surface area contributed by atoms with Crippen molar-refractivity contribution in [3.8, 4) is 0 Å². The highest BCUT2D eigenvalue weighted by molar-refractivity contribution is 5.98. The average Bonchev–Trinajstić information content (AvgIpc) is 2.75. The van der Waals surface area contributed by atoms with Crippen LogP contribution in [0.2, 0.25) is 0 Å². The molecule has 0 aliphatic carbocycles. The van der Waals surface area contributed by atoms with Crippen LogP contribution in [0.25, 0.3) is 4.85 Å². The van der Waals surface area contributed by atoms with E-state index in [1.165, 1.54) is 13.1 Å². The molecule has 166 valence electrons. The van der Waals surface area contributed by atoms with Crippen LogP contribution in [0, 0.1) is 6.57 Å². The summed E-state index contributed by atoms with van der Waals surface area (Å²) in [6, 6.07) is 14.0. The van der Waals surface area contributed by atoms with Gasteiger partial charge in [-0.15, -0.1) is 0 Å². The van der Waals surface area contributed by atoms with Crippen molar-refractivity contribution in [1.82, 2.24) is 9.97 Å². The lowest BCUT2D eigenvalue weighted by molar-refractivity contribution is -0.116. The number of amides is 2. The van der Waals surface area contributed by atoms with Gasteiger partial charge in [-0.1, -0.05) is 18.2 Å². The van der Waals surface area contributed by atoms with Gasteiger partial charge in [-0.3, -0.25) is 14.4 Å². The number of aromatic nitrogens is 2. The Balaban J connectivity index is 1.80. The van der Waals surface area contributed by atoms with Crippen molar-refractivity contribution in [3.63, 3.8) is 0 Å². The number of hydrogen-bond donors (Lipinski definition) is 4. The number of primary amides is 1. The number of carbonyl (C=O) groups excluding carboxylic acids is 3. The lowest BCUT2D eigenvalue weighted by Gasteiger charge is -2.12. The van der Waals surface area contributed by atoms with E-state index in [1.54, 1.807) is 48.5 Å². The fourth-order valence-electron chi connectivity index (χ4n) is 2.94. The number of rotatable bonds is 9. The molecule has 0 aliphatic rings. The Morgan fingerprint density at radius 1 is 1.03 bits per heavy atom. The molecule has 0 saturated carbocycles. The number of nitrogens with zero attached hydrogens (tertiary/aromatic N) is 3. The van der Waals surface area contributed by atoms with E-state index in [0.29, 0.717) is 17.1 Å². The van der Waals surface area contributed by atoms with Crippen LogP contribution < -0.4 is 21.7 Å². The minimum Gasteiger partial charge on any atom is -0.365 e. The Morgan fingerprint density at radius 3 is 2.42 bits per heavy atom. The summed E-state index contributed by atoms with van der Waals surface area (Å²) in [5.41, 5.74) is 8.20. The fourth-order valence-corrected chi connectivity index (χ4v) is 2.94. The molecule has 1 heterocycles. The van der Waals surface area contributed by atoms with Crippen molar-refractivity contribution in [3.05, 3.63) is 77.3 Å². The molecule has 0 bridgehead atoms. The van der Waals surface area contributed by atoms with E-state index < -0.39 is 5.91 Å². The first kappa shape index (κ1) is 22.9. The van der Waals surface area contributed by atoms with Gasteiger partial charge in [-0.05, 0) is 35.9 Å². The molecule has 1 aromatic heterocycles. The van der Waals surface area contributed by atoms with Crippen LogP contribution in [0.15, 0.2) is 54.7 Å². The molecule has 10 heteroatoms. The van der Waals surface area contributed by atoms with Crippen LogP contribution >= 0.6 is 0 Å². The summed E-state index contributed by atoms with van der Waals surface area (Å²) in [6.45, 7) is 8.03. The molecule has 5 N–H and O–H groups in total. The molecule has 0 saturated heterocycles. The largest absolute Gasteiger partial charge is 0.365 e. The first-order valence-electron chi connectivity index (χ1n) is 9.86. The number of hydrogen-bond acceptors (Lipinski definition) is 7. The van der Waals surface area contributed by atoms with Gasteiger partial charge >= 0.3 is 0 Å². The van der Waals surface area contributed by atoms with Crippen LogP contribution in [-0.2, 0) is 16.0 Å². The van der Waals surface area contributed by atoms with Crippen molar-refractivity contribution in [1.29, 1.82) is 0 Å². The van der Waals surface area contributed by atoms with Gasteiger partial charge < -0.3 is 26.5 Å². The van der Waals surface area contributed by atoms with E-state index in [2.05, 4.69) is 30.8 Å². The summed E-state index contributed by atoms with van der Waals surface area (Å²) < 4.78 is 0. The SMILES string of the molecule is [C-]#[N+]CC(=O)Cc1ccc(Nc2nc(Nc3cccc(NC(C)=O)c3)ncc2C(N)=O)cc1. The van der Waals surface area contributed by atoms with Crippen molar-refractivity contribution in [2.24, 2.45) is 5.73 Å². The monoisotopic (exact) mass is 443 g/mol. The van der Waals surface area contributed by atoms with E-state index in [0.717, 1.165) is 5.56 Å². The Hall–Kier alpha value is -4.78. The van der Waals surface area contributed by atoms with Gasteiger partial charge in [0.2, 0.25) is 17.6 Å². The normalized spacial score (nSPS) is 10.1. The van der Waals surface area contributed by atoms with Crippen LogP contribution in [0.5, 0.6) is 0 Å². The smallest absolute Gasteiger partial charge is 0.272 e. The minimum atomic E-state index is -0.696. The van der Waals surface area contributed by atoms with Gasteiger partial charge in [-0.2, -0.15) is 4.98 Å². The number of nitrogens with two attached hydrogens (primary N) is 1. The number of nitrogens with one attached hydrogen (secondary N) is 3. The molecule has 2 amide bonds. The molecule has 0 unspecified atom stereocenters. The predicted molar refractivity (Wildman–Crippen MR) is 124 cm³/mol. The van der Waals surface area contributed by atoms with Crippen molar-refractivity contribution in [2.45, 2.75) is 13.3 Å². The summed E-state index contributed by atoms with van der Waals surface area (Å²) in [6.07, 6.45) is 1.49. The summed E-state index contributed by atoms with van der Waals surface area (Å²) in [7, 11) is 0. The molecule has 3 aromatic rings. The zero-order chi connectivity index (χ0) is 23.8. The zero-order valence-corrected chi connectivity index (χ0v) is 17.8. The highest BCUT2D eigenvalue weighted by Crippen LogP contribution is 2.23. The van der Waals surface area contributed by atoms with Crippen molar-refractivity contribution >= 4 is 46.4 Å². The second kappa shape index (κ2) is 10.5. The Labute approximate surface area is 190 Å². The third kappa shape index (κ3) is 6.60. The van der Waals surface area contributed by atoms with Crippen molar-refractivity contribution < 1.29 is 14.4 Å². The van der Waals surface area contributed by atoms with Gasteiger partial charge in [0, 0.05) is 36.6 Å². The second-order valence-corrected chi connectivity index (χ2v) is 7.06. The van der Waals surface area contributed by atoms with E-state index in [4.69, 9.17) is 12.3 Å². The minimum absolute atomic E-state index is 0.101. The van der Waals surface area contributed by atoms with Gasteiger partial charge in [0.15, 0.2) is 0 Å². The van der Waals surface area contributed by atoms with Crippen LogP contribution in [0.1, 0.15) is 22.8 Å². The second-order valence-electron chi connectivity index (χ2n) is 7.06. The van der Waals surface area contributed by atoms with Crippen molar-refractivity contribution in [2.75, 3.05) is 22.5 Å². The maximum absolute atomic E-state index is 11.8. The number of ketones is 1. The molecule has 0 spiro atoms. The lowest BCUT2D eigenvalue weighted by atomic mass is 10.1. The van der Waals surface area contributed by atoms with Crippen LogP contribution in [0.4, 0.5) is 28.8 Å². The number of anilines is 5. The van der Waals surface area contributed by atoms with E-state index in [9.17, 15) is 14.4 Å². The lowest BCUT2D eigenvalue weighted by Crippen LogP contribution is -2.15. The Morgan fingerprint density at radius 2 is 1.76 bits per heavy atom. The third-order valence-electron chi connectivity index (χ3n) is 4.37. The molecule has 33 heavy (non-hydrogen) atoms. The number of Topliss-reactive ketones (excluding diaryl/α,β-unsaturated/α-hetero) is 1. The Kier molecular flexibility index (Phi) is 7.28. The predicted octanol–water partition coefficient (Wildman–Crippen LogP) is 3.05. The highest BCUT2D eigenvalue weighted by atomic mass is 16.2. The number of benzene rings is 2. The molecular weight excluding hydrogens is 422 g/mol. The average molecular weight is 443 g/mol. The standard InChI is InChI=1S/C23H21N7O3/c1-14(31)27-17-4-3-5-18(11-17)29-23-26-13-20(21(24)33)22(30-23)28-16-8-6-15(7-9-16)10-19(32)12-25-2/h3-9,11,13H,10,12H2,1H3,(H2,24,33)(H,27,31)(H2,26,28,29,30). The first-order valence-corrected chi connectivity index (χ1v) is 9.86. The van der Waals surface area contributed by atoms with Gasteiger partial charge in [-0.25, -0.2) is 11.6 Å². The fraction of sp³-hybridized carbons (Fsp3) is 0.130. The number of carbonyl (C=O) groups is 3. The molecular formula is C23H21N7O3. The molecule has 3 rings (SSSR count). The quantitative estimate of drug-likeness (QED) is 0.372. The molecule has 0 atom stereocenters. The molecule has 0 radical (unpaired) electrons. The zero-order valence-electron chi connectivity index (χ0n) is 17.8. The van der Waals surface area contributed by atoms with E-state index in [1.807, 2.05) is 0 Å². The summed E-state index contributed by atoms with van der Waals surface area (Å²) in [5.74, 6) is -0.630. The molecule has 10 nitrogen and oxygen atoms in total. The Bertz CT molecular complexity index is 1230. The molecule has 0 aliphatic heterocycles. The van der Waals surface area contributed by atoms with Crippen LogP contribution in [-0.4, -0.2) is 34.1 Å². The summed E-state index contributed by atoms with van der Waals surface area (Å²) in [5, 5.41) is 8.76.